The molecule has 0 saturated carbocycles. The number of hydrogen-bond donors (Lipinski definition) is 1. The van der Waals surface area contributed by atoms with Crippen LogP contribution in [-0.2, 0) is 23.1 Å². The van der Waals surface area contributed by atoms with Gasteiger partial charge in [-0.25, -0.2) is 13.1 Å². The van der Waals surface area contributed by atoms with Gasteiger partial charge in [-0.05, 0) is 25.1 Å². The van der Waals surface area contributed by atoms with Crippen LogP contribution in [0.5, 0.6) is 11.5 Å². The number of aromatic nitrogens is 2. The lowest BCUT2D eigenvalue weighted by atomic mass is 10.3. The summed E-state index contributed by atoms with van der Waals surface area (Å²) in [6.45, 7) is 2.80. The Morgan fingerprint density at radius 1 is 1.18 bits per heavy atom. The molecule has 22 heavy (non-hydrogen) atoms. The van der Waals surface area contributed by atoms with Gasteiger partial charge in [-0.1, -0.05) is 0 Å². The predicted octanol–water partition coefficient (Wildman–Crippen LogP) is 1.40. The summed E-state index contributed by atoms with van der Waals surface area (Å²) in [6, 6.07) is 6.24. The highest BCUT2D eigenvalue weighted by Crippen LogP contribution is 2.29. The topological polar surface area (TPSA) is 82.5 Å². The lowest BCUT2D eigenvalue weighted by Crippen LogP contribution is -2.24. The van der Waals surface area contributed by atoms with Crippen LogP contribution in [0.25, 0.3) is 0 Å². The SMILES string of the molecule is CCn1nccc1CNS(=O)(=O)c1ccc(OC)c(OC)c1. The minimum atomic E-state index is -3.65. The first-order valence-electron chi connectivity index (χ1n) is 6.74. The third kappa shape index (κ3) is 3.40. The Morgan fingerprint density at radius 2 is 1.91 bits per heavy atom. The second-order valence-corrected chi connectivity index (χ2v) is 6.25. The fourth-order valence-electron chi connectivity index (χ4n) is 2.03. The van der Waals surface area contributed by atoms with Gasteiger partial charge in [0.1, 0.15) is 0 Å². The van der Waals surface area contributed by atoms with E-state index in [4.69, 9.17) is 9.47 Å². The van der Waals surface area contributed by atoms with Gasteiger partial charge in [-0.15, -0.1) is 0 Å². The molecule has 0 atom stereocenters. The summed E-state index contributed by atoms with van der Waals surface area (Å²) in [5.74, 6) is 0.842. The second-order valence-electron chi connectivity index (χ2n) is 4.48. The van der Waals surface area contributed by atoms with Crippen molar-refractivity contribution in [1.29, 1.82) is 0 Å². The highest BCUT2D eigenvalue weighted by Gasteiger charge is 2.17. The molecule has 120 valence electrons. The molecule has 0 saturated heterocycles. The Bertz CT molecular complexity index is 740. The highest BCUT2D eigenvalue weighted by molar-refractivity contribution is 7.89. The normalized spacial score (nSPS) is 11.4. The summed E-state index contributed by atoms with van der Waals surface area (Å²) in [4.78, 5) is 0.118. The van der Waals surface area contributed by atoms with E-state index in [1.165, 1.54) is 26.4 Å². The van der Waals surface area contributed by atoms with Crippen LogP contribution in [0.15, 0.2) is 35.4 Å². The molecule has 0 aliphatic heterocycles. The second kappa shape index (κ2) is 6.80. The summed E-state index contributed by atoms with van der Waals surface area (Å²) in [7, 11) is -0.690. The summed E-state index contributed by atoms with van der Waals surface area (Å²) in [5, 5.41) is 4.10. The minimum absolute atomic E-state index is 0.118. The molecule has 0 spiro atoms. The molecular weight excluding hydrogens is 306 g/mol. The summed E-state index contributed by atoms with van der Waals surface area (Å²) in [5.41, 5.74) is 0.798. The van der Waals surface area contributed by atoms with E-state index in [1.807, 2.05) is 6.92 Å². The monoisotopic (exact) mass is 325 g/mol. The standard InChI is InChI=1S/C14H19N3O4S/c1-4-17-11(7-8-15-17)10-16-22(18,19)12-5-6-13(20-2)14(9-12)21-3/h5-9,16H,4,10H2,1-3H3. The first-order valence-corrected chi connectivity index (χ1v) is 8.22. The average Bonchev–Trinajstić information content (AvgIpc) is 2.99. The lowest BCUT2D eigenvalue weighted by molar-refractivity contribution is 0.354. The zero-order valence-corrected chi connectivity index (χ0v) is 13.6. The predicted molar refractivity (Wildman–Crippen MR) is 81.5 cm³/mol. The number of sulfonamides is 1. The van der Waals surface area contributed by atoms with Gasteiger partial charge in [-0.3, -0.25) is 4.68 Å². The van der Waals surface area contributed by atoms with Crippen molar-refractivity contribution in [3.05, 3.63) is 36.2 Å². The molecule has 8 heteroatoms. The Kier molecular flexibility index (Phi) is 5.04. The van der Waals surface area contributed by atoms with E-state index >= 15 is 0 Å². The zero-order valence-electron chi connectivity index (χ0n) is 12.7. The Morgan fingerprint density at radius 3 is 2.55 bits per heavy atom. The van der Waals surface area contributed by atoms with Gasteiger partial charge in [0.15, 0.2) is 11.5 Å². The fourth-order valence-corrected chi connectivity index (χ4v) is 3.04. The molecule has 0 radical (unpaired) electrons. The summed E-state index contributed by atoms with van der Waals surface area (Å²) < 4.78 is 39.2. The van der Waals surface area contributed by atoms with E-state index in [1.54, 1.807) is 23.0 Å². The van der Waals surface area contributed by atoms with Crippen molar-refractivity contribution >= 4 is 10.0 Å². The zero-order chi connectivity index (χ0) is 16.2. The summed E-state index contributed by atoms with van der Waals surface area (Å²) >= 11 is 0. The maximum atomic E-state index is 12.4. The quantitative estimate of drug-likeness (QED) is 0.832. The van der Waals surface area contributed by atoms with Crippen molar-refractivity contribution in [2.75, 3.05) is 14.2 Å². The van der Waals surface area contributed by atoms with Crippen LogP contribution in [-0.4, -0.2) is 32.4 Å². The third-order valence-corrected chi connectivity index (χ3v) is 4.61. The molecule has 0 unspecified atom stereocenters. The van der Waals surface area contributed by atoms with Crippen LogP contribution in [0, 0.1) is 0 Å². The smallest absolute Gasteiger partial charge is 0.241 e. The van der Waals surface area contributed by atoms with Gasteiger partial charge in [-0.2, -0.15) is 5.10 Å². The van der Waals surface area contributed by atoms with Crippen molar-refractivity contribution in [2.45, 2.75) is 24.9 Å². The Labute approximate surface area is 129 Å². The van der Waals surface area contributed by atoms with Crippen LogP contribution in [0.4, 0.5) is 0 Å². The van der Waals surface area contributed by atoms with Gasteiger partial charge < -0.3 is 9.47 Å². The van der Waals surface area contributed by atoms with Crippen LogP contribution >= 0.6 is 0 Å². The average molecular weight is 325 g/mol. The number of ether oxygens (including phenoxy) is 2. The lowest BCUT2D eigenvalue weighted by Gasteiger charge is -2.11. The maximum Gasteiger partial charge on any atom is 0.241 e. The van der Waals surface area contributed by atoms with Crippen molar-refractivity contribution in [2.24, 2.45) is 0 Å². The van der Waals surface area contributed by atoms with Crippen molar-refractivity contribution in [3.8, 4) is 11.5 Å². The van der Waals surface area contributed by atoms with Gasteiger partial charge >= 0.3 is 0 Å². The molecule has 1 aromatic heterocycles. The molecular formula is C14H19N3O4S. The third-order valence-electron chi connectivity index (χ3n) is 3.21. The van der Waals surface area contributed by atoms with E-state index < -0.39 is 10.0 Å². The van der Waals surface area contributed by atoms with Gasteiger partial charge in [0, 0.05) is 18.8 Å². The number of nitrogens with zero attached hydrogens (tertiary/aromatic N) is 2. The first-order chi connectivity index (χ1) is 10.5. The molecule has 7 nitrogen and oxygen atoms in total. The van der Waals surface area contributed by atoms with E-state index in [2.05, 4.69) is 9.82 Å². The highest BCUT2D eigenvalue weighted by atomic mass is 32.2. The van der Waals surface area contributed by atoms with E-state index in [0.717, 1.165) is 5.69 Å². The molecule has 0 aliphatic carbocycles. The Balaban J connectivity index is 2.20. The van der Waals surface area contributed by atoms with E-state index in [0.29, 0.717) is 18.0 Å². The van der Waals surface area contributed by atoms with Gasteiger partial charge in [0.25, 0.3) is 0 Å². The Hall–Kier alpha value is -2.06. The van der Waals surface area contributed by atoms with Crippen LogP contribution in [0.3, 0.4) is 0 Å². The van der Waals surface area contributed by atoms with Crippen molar-refractivity contribution in [3.63, 3.8) is 0 Å². The summed E-state index contributed by atoms with van der Waals surface area (Å²) in [6.07, 6.45) is 1.64. The maximum absolute atomic E-state index is 12.4. The number of rotatable bonds is 7. The minimum Gasteiger partial charge on any atom is -0.493 e. The number of benzene rings is 1. The molecule has 0 fully saturated rings. The van der Waals surface area contributed by atoms with Crippen LogP contribution in [0.1, 0.15) is 12.6 Å². The van der Waals surface area contributed by atoms with Gasteiger partial charge in [0.2, 0.25) is 10.0 Å². The molecule has 1 heterocycles. The number of methoxy groups -OCH3 is 2. The molecule has 2 aromatic rings. The van der Waals surface area contributed by atoms with Crippen LogP contribution < -0.4 is 14.2 Å². The van der Waals surface area contributed by atoms with E-state index in [-0.39, 0.29) is 11.4 Å². The fraction of sp³-hybridized carbons (Fsp3) is 0.357. The molecule has 0 amide bonds. The van der Waals surface area contributed by atoms with Gasteiger partial charge in [0.05, 0.1) is 31.4 Å². The largest absolute Gasteiger partial charge is 0.493 e. The number of hydrogen-bond acceptors (Lipinski definition) is 5. The van der Waals surface area contributed by atoms with Crippen molar-refractivity contribution < 1.29 is 17.9 Å². The molecule has 1 aromatic carbocycles. The van der Waals surface area contributed by atoms with Crippen molar-refractivity contribution in [1.82, 2.24) is 14.5 Å². The van der Waals surface area contributed by atoms with E-state index in [9.17, 15) is 8.42 Å². The molecule has 0 aliphatic rings. The number of aryl methyl sites for hydroxylation is 1. The first kappa shape index (κ1) is 16.3. The molecule has 1 N–H and O–H groups in total. The molecule has 0 bridgehead atoms. The molecule has 2 rings (SSSR count). The number of nitrogens with one attached hydrogen (secondary N) is 1. The van der Waals surface area contributed by atoms with Crippen LogP contribution in [0.2, 0.25) is 0 Å².